The summed E-state index contributed by atoms with van der Waals surface area (Å²) >= 11 is 0. The highest BCUT2D eigenvalue weighted by molar-refractivity contribution is 6.41. The van der Waals surface area contributed by atoms with Crippen molar-refractivity contribution in [2.75, 3.05) is 0 Å². The largest absolute Gasteiger partial charge is 0.475 e. The Kier molecular flexibility index (Phi) is 2.51. The summed E-state index contributed by atoms with van der Waals surface area (Å²) in [5.74, 6) is -2.40. The van der Waals surface area contributed by atoms with E-state index in [1.54, 1.807) is 30.5 Å². The fourth-order valence-corrected chi connectivity index (χ4v) is 1.43. The van der Waals surface area contributed by atoms with E-state index in [2.05, 4.69) is 10.2 Å². The van der Waals surface area contributed by atoms with Gasteiger partial charge in [-0.3, -0.25) is 9.89 Å². The zero-order chi connectivity index (χ0) is 11.5. The number of aromatic amines is 1. The van der Waals surface area contributed by atoms with E-state index >= 15 is 0 Å². The average molecular weight is 216 g/mol. The van der Waals surface area contributed by atoms with E-state index in [9.17, 15) is 9.59 Å². The number of nitrogens with zero attached hydrogens (tertiary/aromatic N) is 1. The molecule has 0 spiro atoms. The first-order chi connectivity index (χ1) is 7.70. The molecule has 2 rings (SSSR count). The Balaban J connectivity index is 2.55. The fraction of sp³-hybridized carbons (Fsp3) is 0. The molecular weight excluding hydrogens is 208 g/mol. The van der Waals surface area contributed by atoms with Gasteiger partial charge in [0.1, 0.15) is 0 Å². The number of carboxylic acid groups (broad SMARTS) is 1. The van der Waals surface area contributed by atoms with Gasteiger partial charge >= 0.3 is 5.97 Å². The number of ketones is 1. The first-order valence-electron chi connectivity index (χ1n) is 4.57. The van der Waals surface area contributed by atoms with Crippen LogP contribution in [-0.4, -0.2) is 27.1 Å². The lowest BCUT2D eigenvalue weighted by Crippen LogP contribution is -2.13. The number of aromatic nitrogens is 2. The summed E-state index contributed by atoms with van der Waals surface area (Å²) < 4.78 is 0. The number of benzene rings is 1. The Morgan fingerprint density at radius 1 is 1.19 bits per heavy atom. The van der Waals surface area contributed by atoms with Crippen LogP contribution in [0.15, 0.2) is 36.5 Å². The maximum atomic E-state index is 11.4. The molecule has 0 unspecified atom stereocenters. The Labute approximate surface area is 90.7 Å². The molecule has 0 bridgehead atoms. The first kappa shape index (κ1) is 10.1. The average Bonchev–Trinajstić information content (AvgIpc) is 2.81. The van der Waals surface area contributed by atoms with Crippen molar-refractivity contribution >= 4 is 11.8 Å². The van der Waals surface area contributed by atoms with Crippen LogP contribution >= 0.6 is 0 Å². The number of carbonyl (C=O) groups is 2. The Morgan fingerprint density at radius 3 is 2.56 bits per heavy atom. The minimum absolute atomic E-state index is 0.141. The van der Waals surface area contributed by atoms with Crippen molar-refractivity contribution in [2.24, 2.45) is 0 Å². The van der Waals surface area contributed by atoms with Crippen LogP contribution in [0.5, 0.6) is 0 Å². The Bertz CT molecular complexity index is 532. The smallest absolute Gasteiger partial charge is 0.377 e. The minimum Gasteiger partial charge on any atom is -0.475 e. The molecule has 0 aliphatic heterocycles. The third kappa shape index (κ3) is 1.70. The van der Waals surface area contributed by atoms with Crippen LogP contribution in [0.4, 0.5) is 0 Å². The van der Waals surface area contributed by atoms with Crippen LogP contribution in [0.2, 0.25) is 0 Å². The van der Waals surface area contributed by atoms with Gasteiger partial charge in [0.15, 0.2) is 0 Å². The van der Waals surface area contributed by atoms with Gasteiger partial charge in [-0.25, -0.2) is 4.79 Å². The summed E-state index contributed by atoms with van der Waals surface area (Å²) in [6.07, 6.45) is 1.61. The third-order valence-corrected chi connectivity index (χ3v) is 2.14. The van der Waals surface area contributed by atoms with Crippen molar-refractivity contribution in [3.05, 3.63) is 42.1 Å². The molecule has 0 aliphatic carbocycles. The second kappa shape index (κ2) is 3.98. The molecular formula is C11H8N2O3. The molecule has 5 nitrogen and oxygen atoms in total. The van der Waals surface area contributed by atoms with Crippen LogP contribution in [0.25, 0.3) is 11.3 Å². The number of aliphatic carboxylic acids is 1. The summed E-state index contributed by atoms with van der Waals surface area (Å²) in [7, 11) is 0. The minimum atomic E-state index is -1.47. The lowest BCUT2D eigenvalue weighted by atomic mass is 10.0. The third-order valence-electron chi connectivity index (χ3n) is 2.14. The number of carboxylic acids is 1. The summed E-state index contributed by atoms with van der Waals surface area (Å²) in [5, 5.41) is 15.2. The van der Waals surface area contributed by atoms with Crippen molar-refractivity contribution in [3.8, 4) is 11.3 Å². The first-order valence-corrected chi connectivity index (χ1v) is 4.57. The summed E-state index contributed by atoms with van der Waals surface area (Å²) in [6, 6.07) is 8.15. The number of rotatable bonds is 3. The van der Waals surface area contributed by atoms with Crippen LogP contribution in [0.1, 0.15) is 10.4 Å². The van der Waals surface area contributed by atoms with Crippen molar-refractivity contribution in [1.29, 1.82) is 0 Å². The van der Waals surface area contributed by atoms with E-state index in [4.69, 9.17) is 5.11 Å². The second-order valence-electron chi connectivity index (χ2n) is 3.14. The van der Waals surface area contributed by atoms with Gasteiger partial charge in [0.05, 0.1) is 5.69 Å². The van der Waals surface area contributed by atoms with Crippen molar-refractivity contribution < 1.29 is 14.7 Å². The molecule has 16 heavy (non-hydrogen) atoms. The molecule has 1 heterocycles. The zero-order valence-electron chi connectivity index (χ0n) is 8.18. The van der Waals surface area contributed by atoms with Gasteiger partial charge in [0.2, 0.25) is 0 Å². The van der Waals surface area contributed by atoms with E-state index in [1.165, 1.54) is 6.07 Å². The van der Waals surface area contributed by atoms with Crippen LogP contribution in [0, 0.1) is 0 Å². The topological polar surface area (TPSA) is 83.0 Å². The Morgan fingerprint density at radius 2 is 1.94 bits per heavy atom. The van der Waals surface area contributed by atoms with Gasteiger partial charge in [-0.2, -0.15) is 5.10 Å². The highest BCUT2D eigenvalue weighted by Crippen LogP contribution is 2.21. The number of hydrogen-bond donors (Lipinski definition) is 2. The predicted octanol–water partition coefficient (Wildman–Crippen LogP) is 1.34. The van der Waals surface area contributed by atoms with E-state index in [1.807, 2.05) is 0 Å². The van der Waals surface area contributed by atoms with Crippen molar-refractivity contribution in [3.63, 3.8) is 0 Å². The fourth-order valence-electron chi connectivity index (χ4n) is 1.43. The molecule has 0 aliphatic rings. The van der Waals surface area contributed by atoms with E-state index in [0.29, 0.717) is 11.3 Å². The summed E-state index contributed by atoms with van der Waals surface area (Å²) in [5.41, 5.74) is 1.20. The quantitative estimate of drug-likeness (QED) is 0.599. The summed E-state index contributed by atoms with van der Waals surface area (Å²) in [6.45, 7) is 0. The lowest BCUT2D eigenvalue weighted by Gasteiger charge is -2.02. The molecule has 2 aromatic rings. The highest BCUT2D eigenvalue weighted by atomic mass is 16.4. The molecule has 0 radical (unpaired) electrons. The molecule has 1 aromatic heterocycles. The summed E-state index contributed by atoms with van der Waals surface area (Å²) in [4.78, 5) is 22.1. The van der Waals surface area contributed by atoms with Crippen molar-refractivity contribution in [1.82, 2.24) is 10.2 Å². The molecule has 1 aromatic carbocycles. The highest BCUT2D eigenvalue weighted by Gasteiger charge is 2.19. The van der Waals surface area contributed by atoms with E-state index < -0.39 is 11.8 Å². The predicted molar refractivity (Wildman–Crippen MR) is 56.0 cm³/mol. The number of hydrogen-bond acceptors (Lipinski definition) is 3. The second-order valence-corrected chi connectivity index (χ2v) is 3.14. The van der Waals surface area contributed by atoms with Crippen LogP contribution < -0.4 is 0 Å². The molecule has 2 N–H and O–H groups in total. The Hall–Kier alpha value is -2.43. The molecule has 0 amide bonds. The lowest BCUT2D eigenvalue weighted by molar-refractivity contribution is -0.131. The maximum absolute atomic E-state index is 11.4. The standard InChI is InChI=1S/C11H8N2O3/c14-10(11(15)16)8-4-2-1-3-7(8)9-5-6-12-13-9/h1-6H,(H,12,13)(H,15,16). The molecule has 5 heteroatoms. The van der Waals surface area contributed by atoms with Gasteiger partial charge in [-0.1, -0.05) is 24.3 Å². The normalized spacial score (nSPS) is 10.0. The van der Waals surface area contributed by atoms with Gasteiger partial charge in [0, 0.05) is 17.3 Å². The number of nitrogens with one attached hydrogen (secondary N) is 1. The molecule has 0 fully saturated rings. The zero-order valence-corrected chi connectivity index (χ0v) is 8.18. The number of Topliss-reactive ketones (excluding diaryl/α,β-unsaturated/α-hetero) is 1. The maximum Gasteiger partial charge on any atom is 0.377 e. The van der Waals surface area contributed by atoms with Crippen LogP contribution in [-0.2, 0) is 4.79 Å². The SMILES string of the molecule is O=C(O)C(=O)c1ccccc1-c1cc[nH]n1. The number of H-pyrrole nitrogens is 1. The van der Waals surface area contributed by atoms with E-state index in [0.717, 1.165) is 0 Å². The van der Waals surface area contributed by atoms with Gasteiger partial charge in [0.25, 0.3) is 5.78 Å². The monoisotopic (exact) mass is 216 g/mol. The van der Waals surface area contributed by atoms with Gasteiger partial charge in [-0.05, 0) is 6.07 Å². The van der Waals surface area contributed by atoms with Gasteiger partial charge < -0.3 is 5.11 Å². The number of carbonyl (C=O) groups excluding carboxylic acids is 1. The van der Waals surface area contributed by atoms with Gasteiger partial charge in [-0.15, -0.1) is 0 Å². The molecule has 0 saturated heterocycles. The van der Waals surface area contributed by atoms with Crippen LogP contribution in [0.3, 0.4) is 0 Å². The van der Waals surface area contributed by atoms with Crippen molar-refractivity contribution in [2.45, 2.75) is 0 Å². The molecule has 0 saturated carbocycles. The molecule has 80 valence electrons. The molecule has 0 atom stereocenters. The van der Waals surface area contributed by atoms with E-state index in [-0.39, 0.29) is 5.56 Å².